The van der Waals surface area contributed by atoms with Crippen LogP contribution >= 0.6 is 15.9 Å². The molecule has 2 unspecified atom stereocenters. The van der Waals surface area contributed by atoms with Gasteiger partial charge in [-0.25, -0.2) is 0 Å². The van der Waals surface area contributed by atoms with Crippen molar-refractivity contribution in [3.05, 3.63) is 35.9 Å². The predicted octanol–water partition coefficient (Wildman–Crippen LogP) is 4.20. The molecule has 0 radical (unpaired) electrons. The second-order valence-electron chi connectivity index (χ2n) is 4.54. The summed E-state index contributed by atoms with van der Waals surface area (Å²) in [6, 6.07) is 10.6. The van der Waals surface area contributed by atoms with Crippen LogP contribution in [0, 0.1) is 5.92 Å². The Bertz CT molecular complexity index is 303. The second-order valence-corrected chi connectivity index (χ2v) is 5.52. The fourth-order valence-electron chi connectivity index (χ4n) is 1.86. The molecule has 0 saturated heterocycles. The number of methoxy groups -OCH3 is 1. The third-order valence-electron chi connectivity index (χ3n) is 3.00. The van der Waals surface area contributed by atoms with Crippen LogP contribution in [0.15, 0.2) is 30.3 Å². The number of hydrogen-bond acceptors (Lipinski definition) is 2. The molecule has 0 fully saturated rings. The zero-order valence-corrected chi connectivity index (χ0v) is 12.9. The molecule has 0 aliphatic rings. The second kappa shape index (κ2) is 9.54. The molecule has 102 valence electrons. The van der Waals surface area contributed by atoms with Crippen molar-refractivity contribution in [2.45, 2.75) is 24.6 Å². The third-order valence-corrected chi connectivity index (χ3v) is 4.43. The van der Waals surface area contributed by atoms with Gasteiger partial charge in [0.2, 0.25) is 0 Å². The first-order valence-electron chi connectivity index (χ1n) is 6.51. The predicted molar refractivity (Wildman–Crippen MR) is 79.2 cm³/mol. The van der Waals surface area contributed by atoms with Crippen molar-refractivity contribution >= 4 is 15.9 Å². The number of ether oxygens (including phenoxy) is 2. The summed E-state index contributed by atoms with van der Waals surface area (Å²) in [4.78, 5) is 0.428. The monoisotopic (exact) mass is 314 g/mol. The molecule has 0 aliphatic carbocycles. The van der Waals surface area contributed by atoms with E-state index in [1.54, 1.807) is 7.11 Å². The highest BCUT2D eigenvalue weighted by atomic mass is 79.9. The fraction of sp³-hybridized carbons (Fsp3) is 0.600. The summed E-state index contributed by atoms with van der Waals surface area (Å²) in [5.74, 6) is 0.610. The summed E-state index contributed by atoms with van der Waals surface area (Å²) in [6.45, 7) is 4.48. The van der Waals surface area contributed by atoms with Crippen LogP contribution < -0.4 is 0 Å². The summed E-state index contributed by atoms with van der Waals surface area (Å²) >= 11 is 3.78. The Balaban J connectivity index is 2.18. The first kappa shape index (κ1) is 15.7. The van der Waals surface area contributed by atoms with Gasteiger partial charge in [-0.2, -0.15) is 0 Å². The van der Waals surface area contributed by atoms with Crippen molar-refractivity contribution in [3.63, 3.8) is 0 Å². The van der Waals surface area contributed by atoms with Gasteiger partial charge in [0.25, 0.3) is 0 Å². The van der Waals surface area contributed by atoms with E-state index in [0.29, 0.717) is 24.0 Å². The minimum Gasteiger partial charge on any atom is -0.382 e. The highest BCUT2D eigenvalue weighted by molar-refractivity contribution is 9.09. The lowest BCUT2D eigenvalue weighted by Gasteiger charge is -2.18. The minimum atomic E-state index is 0.428. The van der Waals surface area contributed by atoms with Gasteiger partial charge in [-0.1, -0.05) is 53.2 Å². The lowest BCUT2D eigenvalue weighted by Crippen LogP contribution is -2.07. The molecule has 1 aromatic rings. The lowest BCUT2D eigenvalue weighted by molar-refractivity contribution is 0.0674. The molecule has 0 aliphatic heterocycles. The number of hydrogen-bond donors (Lipinski definition) is 0. The molecular formula is C15H23BrO2. The molecule has 3 heteroatoms. The van der Waals surface area contributed by atoms with Crippen molar-refractivity contribution in [2.24, 2.45) is 5.92 Å². The van der Waals surface area contributed by atoms with Gasteiger partial charge < -0.3 is 9.47 Å². The van der Waals surface area contributed by atoms with Gasteiger partial charge in [0.05, 0.1) is 13.2 Å². The molecule has 0 aromatic heterocycles. The van der Waals surface area contributed by atoms with Crippen molar-refractivity contribution < 1.29 is 9.47 Å². The summed E-state index contributed by atoms with van der Waals surface area (Å²) < 4.78 is 10.4. The van der Waals surface area contributed by atoms with Gasteiger partial charge in [0, 0.05) is 18.5 Å². The molecule has 18 heavy (non-hydrogen) atoms. The Hall–Kier alpha value is -0.380. The zero-order valence-electron chi connectivity index (χ0n) is 11.3. The number of halogens is 1. The van der Waals surface area contributed by atoms with Crippen LogP contribution in [0.5, 0.6) is 0 Å². The molecular weight excluding hydrogens is 292 g/mol. The highest BCUT2D eigenvalue weighted by Gasteiger charge is 2.15. The van der Waals surface area contributed by atoms with Crippen molar-refractivity contribution in [3.8, 4) is 0 Å². The van der Waals surface area contributed by atoms with E-state index in [1.807, 2.05) is 0 Å². The van der Waals surface area contributed by atoms with E-state index in [4.69, 9.17) is 9.47 Å². The van der Waals surface area contributed by atoms with Crippen molar-refractivity contribution in [2.75, 3.05) is 26.9 Å². The molecule has 0 spiro atoms. The third kappa shape index (κ3) is 5.98. The maximum atomic E-state index is 5.47. The SMILES string of the molecule is COCCOCCCC(C)C(Br)c1ccccc1. The Morgan fingerprint density at radius 3 is 2.50 bits per heavy atom. The van der Waals surface area contributed by atoms with Gasteiger partial charge in [0.1, 0.15) is 0 Å². The number of benzene rings is 1. The maximum Gasteiger partial charge on any atom is 0.0700 e. The molecule has 1 aromatic carbocycles. The van der Waals surface area contributed by atoms with E-state index in [1.165, 1.54) is 5.56 Å². The Morgan fingerprint density at radius 1 is 1.11 bits per heavy atom. The minimum absolute atomic E-state index is 0.428. The van der Waals surface area contributed by atoms with Gasteiger partial charge in [-0.05, 0) is 24.3 Å². The summed E-state index contributed by atoms with van der Waals surface area (Å²) in [5.41, 5.74) is 1.35. The van der Waals surface area contributed by atoms with E-state index in [0.717, 1.165) is 19.4 Å². The molecule has 0 amide bonds. The first-order valence-corrected chi connectivity index (χ1v) is 7.43. The molecule has 0 heterocycles. The van der Waals surface area contributed by atoms with E-state index in [-0.39, 0.29) is 0 Å². The summed E-state index contributed by atoms with van der Waals surface area (Å²) in [5, 5.41) is 0. The van der Waals surface area contributed by atoms with Gasteiger partial charge >= 0.3 is 0 Å². The standard InChI is InChI=1S/C15H23BrO2/c1-13(7-6-10-18-12-11-17-2)15(16)14-8-4-3-5-9-14/h3-5,8-9,13,15H,6-7,10-12H2,1-2H3. The smallest absolute Gasteiger partial charge is 0.0700 e. The van der Waals surface area contributed by atoms with E-state index < -0.39 is 0 Å². The van der Waals surface area contributed by atoms with E-state index in [9.17, 15) is 0 Å². The van der Waals surface area contributed by atoms with Crippen LogP contribution in [0.25, 0.3) is 0 Å². The van der Waals surface area contributed by atoms with Gasteiger partial charge in [0.15, 0.2) is 0 Å². The molecule has 0 bridgehead atoms. The number of rotatable bonds is 9. The van der Waals surface area contributed by atoms with Crippen LogP contribution in [0.2, 0.25) is 0 Å². The van der Waals surface area contributed by atoms with E-state index in [2.05, 4.69) is 53.2 Å². The zero-order chi connectivity index (χ0) is 13.2. The first-order chi connectivity index (χ1) is 8.75. The molecule has 1 rings (SSSR count). The maximum absolute atomic E-state index is 5.47. The largest absolute Gasteiger partial charge is 0.382 e. The summed E-state index contributed by atoms with van der Waals surface area (Å²) in [6.07, 6.45) is 2.26. The topological polar surface area (TPSA) is 18.5 Å². The summed E-state index contributed by atoms with van der Waals surface area (Å²) in [7, 11) is 1.70. The Kier molecular flexibility index (Phi) is 8.31. The Labute approximate surface area is 119 Å². The van der Waals surface area contributed by atoms with Gasteiger partial charge in [-0.3, -0.25) is 0 Å². The van der Waals surface area contributed by atoms with Crippen molar-refractivity contribution in [1.29, 1.82) is 0 Å². The average molecular weight is 315 g/mol. The van der Waals surface area contributed by atoms with E-state index >= 15 is 0 Å². The quantitative estimate of drug-likeness (QED) is 0.502. The van der Waals surface area contributed by atoms with Crippen LogP contribution in [-0.4, -0.2) is 26.9 Å². The van der Waals surface area contributed by atoms with Crippen molar-refractivity contribution in [1.82, 2.24) is 0 Å². The fourth-order valence-corrected chi connectivity index (χ4v) is 2.43. The van der Waals surface area contributed by atoms with Crippen LogP contribution in [-0.2, 0) is 9.47 Å². The molecule has 2 nitrogen and oxygen atoms in total. The normalized spacial score (nSPS) is 14.4. The highest BCUT2D eigenvalue weighted by Crippen LogP contribution is 2.33. The van der Waals surface area contributed by atoms with Crippen LogP contribution in [0.1, 0.15) is 30.2 Å². The number of alkyl halides is 1. The molecule has 0 saturated carbocycles. The van der Waals surface area contributed by atoms with Crippen LogP contribution in [0.4, 0.5) is 0 Å². The molecule has 2 atom stereocenters. The average Bonchev–Trinajstić information content (AvgIpc) is 2.42. The Morgan fingerprint density at radius 2 is 1.83 bits per heavy atom. The molecule has 0 N–H and O–H groups in total. The van der Waals surface area contributed by atoms with Crippen LogP contribution in [0.3, 0.4) is 0 Å². The van der Waals surface area contributed by atoms with Gasteiger partial charge in [-0.15, -0.1) is 0 Å². The lowest BCUT2D eigenvalue weighted by atomic mass is 9.97.